The maximum absolute atomic E-state index is 13.2. The van der Waals surface area contributed by atoms with E-state index in [2.05, 4.69) is 29.3 Å². The molecule has 118 valence electrons. The number of aromatic nitrogens is 2. The molecule has 0 saturated carbocycles. The van der Waals surface area contributed by atoms with E-state index in [1.807, 2.05) is 12.1 Å². The van der Waals surface area contributed by atoms with Crippen molar-refractivity contribution in [2.75, 3.05) is 0 Å². The Kier molecular flexibility index (Phi) is 4.72. The molecule has 0 bridgehead atoms. The van der Waals surface area contributed by atoms with E-state index in [0.717, 1.165) is 12.0 Å². The Morgan fingerprint density at radius 2 is 1.83 bits per heavy atom. The number of hydrogen-bond acceptors (Lipinski definition) is 3. The molecule has 0 saturated heterocycles. The average Bonchev–Trinajstić information content (AvgIpc) is 2.98. The number of nitrogens with zero attached hydrogens (tertiary/aromatic N) is 2. The Hall–Kier alpha value is -2.20. The molecule has 0 fully saturated rings. The van der Waals surface area contributed by atoms with Crippen molar-refractivity contribution in [3.8, 4) is 0 Å². The third-order valence-corrected chi connectivity index (χ3v) is 4.01. The molecule has 0 aliphatic rings. The Bertz CT molecular complexity index is 816. The maximum Gasteiger partial charge on any atom is 0.220 e. The molecule has 2 aromatic carbocycles. The van der Waals surface area contributed by atoms with E-state index in [1.54, 1.807) is 12.1 Å². The van der Waals surface area contributed by atoms with E-state index in [4.69, 9.17) is 16.0 Å². The summed E-state index contributed by atoms with van der Waals surface area (Å²) in [5, 5.41) is 8.22. The van der Waals surface area contributed by atoms with Crippen molar-refractivity contribution < 1.29 is 8.81 Å². The first kappa shape index (κ1) is 15.7. The van der Waals surface area contributed by atoms with Gasteiger partial charge in [0, 0.05) is 6.42 Å². The molecule has 3 nitrogen and oxygen atoms in total. The zero-order valence-electron chi connectivity index (χ0n) is 12.7. The van der Waals surface area contributed by atoms with Crippen LogP contribution in [0.1, 0.15) is 28.5 Å². The first-order chi connectivity index (χ1) is 11.1. The lowest BCUT2D eigenvalue weighted by atomic mass is 10.0. The number of halogens is 2. The summed E-state index contributed by atoms with van der Waals surface area (Å²) in [4.78, 5) is 0. The van der Waals surface area contributed by atoms with Gasteiger partial charge in [0.2, 0.25) is 11.8 Å². The monoisotopic (exact) mass is 330 g/mol. The summed E-state index contributed by atoms with van der Waals surface area (Å²) in [6.45, 7) is 2.09. The minimum absolute atomic E-state index is 0.0989. The van der Waals surface area contributed by atoms with E-state index in [-0.39, 0.29) is 5.02 Å². The van der Waals surface area contributed by atoms with Crippen molar-refractivity contribution in [1.29, 1.82) is 0 Å². The molecule has 0 aliphatic heterocycles. The summed E-state index contributed by atoms with van der Waals surface area (Å²) in [6, 6.07) is 12.8. The number of benzene rings is 2. The summed E-state index contributed by atoms with van der Waals surface area (Å²) in [5.41, 5.74) is 3.37. The van der Waals surface area contributed by atoms with E-state index in [9.17, 15) is 4.39 Å². The van der Waals surface area contributed by atoms with Crippen LogP contribution in [0.4, 0.5) is 4.39 Å². The van der Waals surface area contributed by atoms with Crippen LogP contribution < -0.4 is 0 Å². The fourth-order valence-electron chi connectivity index (χ4n) is 2.42. The van der Waals surface area contributed by atoms with Crippen molar-refractivity contribution in [2.45, 2.75) is 26.2 Å². The highest BCUT2D eigenvalue weighted by Gasteiger charge is 2.09. The molecule has 1 heterocycles. The highest BCUT2D eigenvalue weighted by Crippen LogP contribution is 2.18. The van der Waals surface area contributed by atoms with Gasteiger partial charge in [0.1, 0.15) is 5.82 Å². The Morgan fingerprint density at radius 1 is 1.04 bits per heavy atom. The van der Waals surface area contributed by atoms with Crippen LogP contribution >= 0.6 is 11.6 Å². The summed E-state index contributed by atoms with van der Waals surface area (Å²) in [7, 11) is 0. The summed E-state index contributed by atoms with van der Waals surface area (Å²) < 4.78 is 18.8. The molecule has 23 heavy (non-hydrogen) atoms. The SMILES string of the molecule is Cc1ccccc1CCc1nnc(Cc2ccc(F)c(Cl)c2)o1. The summed E-state index contributed by atoms with van der Waals surface area (Å²) in [6.07, 6.45) is 2.00. The molecule has 0 aliphatic carbocycles. The van der Waals surface area contributed by atoms with Gasteiger partial charge in [0.05, 0.1) is 11.4 Å². The molecule has 0 radical (unpaired) electrons. The fourth-order valence-corrected chi connectivity index (χ4v) is 2.62. The van der Waals surface area contributed by atoms with Crippen LogP contribution in [-0.2, 0) is 19.3 Å². The molecule has 0 spiro atoms. The third kappa shape index (κ3) is 3.96. The first-order valence-electron chi connectivity index (χ1n) is 7.41. The van der Waals surface area contributed by atoms with Gasteiger partial charge in [-0.25, -0.2) is 4.39 Å². The average molecular weight is 331 g/mol. The second-order valence-corrected chi connectivity index (χ2v) is 5.85. The van der Waals surface area contributed by atoms with Gasteiger partial charge in [-0.3, -0.25) is 0 Å². The molecule has 1 aromatic heterocycles. The zero-order valence-corrected chi connectivity index (χ0v) is 13.5. The molecular formula is C18H16ClFN2O. The van der Waals surface area contributed by atoms with Crippen LogP contribution in [0.25, 0.3) is 0 Å². The highest BCUT2D eigenvalue weighted by molar-refractivity contribution is 6.30. The predicted octanol–water partition coefficient (Wildman–Crippen LogP) is 4.55. The molecule has 5 heteroatoms. The first-order valence-corrected chi connectivity index (χ1v) is 7.79. The van der Waals surface area contributed by atoms with Crippen LogP contribution in [0.3, 0.4) is 0 Å². The lowest BCUT2D eigenvalue weighted by Crippen LogP contribution is -1.94. The van der Waals surface area contributed by atoms with E-state index in [0.29, 0.717) is 24.6 Å². The van der Waals surface area contributed by atoms with E-state index in [1.165, 1.54) is 17.2 Å². The van der Waals surface area contributed by atoms with Crippen LogP contribution in [0.2, 0.25) is 5.02 Å². The maximum atomic E-state index is 13.2. The number of aryl methyl sites for hydroxylation is 3. The predicted molar refractivity (Wildman–Crippen MR) is 87.1 cm³/mol. The highest BCUT2D eigenvalue weighted by atomic mass is 35.5. The summed E-state index contributed by atoms with van der Waals surface area (Å²) in [5.74, 6) is 0.684. The van der Waals surface area contributed by atoms with Crippen LogP contribution in [0.15, 0.2) is 46.9 Å². The van der Waals surface area contributed by atoms with Gasteiger partial charge in [-0.15, -0.1) is 10.2 Å². The van der Waals surface area contributed by atoms with Crippen molar-refractivity contribution in [2.24, 2.45) is 0 Å². The molecule has 0 atom stereocenters. The molecule has 0 N–H and O–H groups in total. The fraction of sp³-hybridized carbons (Fsp3) is 0.222. The van der Waals surface area contributed by atoms with Crippen LogP contribution in [0.5, 0.6) is 0 Å². The smallest absolute Gasteiger partial charge is 0.220 e. The lowest BCUT2D eigenvalue weighted by molar-refractivity contribution is 0.456. The Labute approximate surface area is 139 Å². The second kappa shape index (κ2) is 6.92. The van der Waals surface area contributed by atoms with Crippen LogP contribution in [-0.4, -0.2) is 10.2 Å². The topological polar surface area (TPSA) is 38.9 Å². The second-order valence-electron chi connectivity index (χ2n) is 5.44. The van der Waals surface area contributed by atoms with Crippen molar-refractivity contribution >= 4 is 11.6 Å². The molecule has 0 unspecified atom stereocenters. The Morgan fingerprint density at radius 3 is 2.61 bits per heavy atom. The van der Waals surface area contributed by atoms with Crippen molar-refractivity contribution in [1.82, 2.24) is 10.2 Å². The van der Waals surface area contributed by atoms with Gasteiger partial charge in [0.25, 0.3) is 0 Å². The molecule has 3 rings (SSSR count). The van der Waals surface area contributed by atoms with E-state index >= 15 is 0 Å². The zero-order chi connectivity index (χ0) is 16.2. The molecule has 0 amide bonds. The van der Waals surface area contributed by atoms with Gasteiger partial charge in [-0.2, -0.15) is 0 Å². The molecular weight excluding hydrogens is 315 g/mol. The number of rotatable bonds is 5. The van der Waals surface area contributed by atoms with Gasteiger partial charge >= 0.3 is 0 Å². The Balaban J connectivity index is 1.64. The minimum Gasteiger partial charge on any atom is -0.425 e. The van der Waals surface area contributed by atoms with Crippen LogP contribution in [0, 0.1) is 12.7 Å². The quantitative estimate of drug-likeness (QED) is 0.689. The van der Waals surface area contributed by atoms with E-state index < -0.39 is 5.82 Å². The standard InChI is InChI=1S/C18H16ClFN2O/c1-12-4-2-3-5-14(12)7-9-17-21-22-18(23-17)11-13-6-8-16(20)15(19)10-13/h2-6,8,10H,7,9,11H2,1H3. The largest absolute Gasteiger partial charge is 0.425 e. The normalized spacial score (nSPS) is 10.9. The van der Waals surface area contributed by atoms with Gasteiger partial charge in [-0.1, -0.05) is 41.9 Å². The summed E-state index contributed by atoms with van der Waals surface area (Å²) >= 11 is 5.78. The lowest BCUT2D eigenvalue weighted by Gasteiger charge is -2.02. The van der Waals surface area contributed by atoms with Gasteiger partial charge in [0.15, 0.2) is 0 Å². The number of hydrogen-bond donors (Lipinski definition) is 0. The molecule has 3 aromatic rings. The minimum atomic E-state index is -0.431. The van der Waals surface area contributed by atoms with Crippen molar-refractivity contribution in [3.63, 3.8) is 0 Å². The van der Waals surface area contributed by atoms with Gasteiger partial charge < -0.3 is 4.42 Å². The third-order valence-electron chi connectivity index (χ3n) is 3.72. The van der Waals surface area contributed by atoms with Crippen molar-refractivity contribution in [3.05, 3.63) is 81.8 Å². The van der Waals surface area contributed by atoms with Gasteiger partial charge in [-0.05, 0) is 42.2 Å².